The summed E-state index contributed by atoms with van der Waals surface area (Å²) in [6, 6.07) is 8.73. The number of esters is 1. The van der Waals surface area contributed by atoms with Crippen LogP contribution in [0.4, 0.5) is 4.79 Å². The third-order valence-electron chi connectivity index (χ3n) is 5.14. The lowest BCUT2D eigenvalue weighted by Crippen LogP contribution is -2.45. The summed E-state index contributed by atoms with van der Waals surface area (Å²) in [6.07, 6.45) is 2.85. The fraction of sp³-hybridized carbons (Fsp3) is 0.480. The predicted molar refractivity (Wildman–Crippen MR) is 122 cm³/mol. The molecule has 0 saturated carbocycles. The number of pyridine rings is 1. The molecule has 2 atom stereocenters. The molecule has 0 saturated heterocycles. The molecule has 8 nitrogen and oxygen atoms in total. The highest BCUT2D eigenvalue weighted by Crippen LogP contribution is 2.30. The van der Waals surface area contributed by atoms with Gasteiger partial charge in [-0.15, -0.1) is 0 Å². The Morgan fingerprint density at radius 1 is 1.30 bits per heavy atom. The van der Waals surface area contributed by atoms with Gasteiger partial charge in [0.15, 0.2) is 0 Å². The first-order chi connectivity index (χ1) is 15.7. The zero-order valence-electron chi connectivity index (χ0n) is 19.6. The Balaban J connectivity index is 1.72. The first-order valence-electron chi connectivity index (χ1n) is 11.2. The van der Waals surface area contributed by atoms with Crippen molar-refractivity contribution in [2.45, 2.75) is 58.3 Å². The van der Waals surface area contributed by atoms with Gasteiger partial charge in [-0.3, -0.25) is 4.98 Å². The molecular weight excluding hydrogens is 424 g/mol. The fourth-order valence-electron chi connectivity index (χ4n) is 3.60. The summed E-state index contributed by atoms with van der Waals surface area (Å²) in [5.74, 6) is 0.319. The molecule has 2 aromatic rings. The van der Waals surface area contributed by atoms with Crippen LogP contribution in [0.15, 0.2) is 42.7 Å². The minimum atomic E-state index is -0.908. The highest BCUT2D eigenvalue weighted by atomic mass is 16.6. The van der Waals surface area contributed by atoms with E-state index in [-0.39, 0.29) is 25.2 Å². The Bertz CT molecular complexity index is 957. The number of aliphatic hydroxyl groups is 1. The molecule has 1 amide bonds. The molecule has 0 spiro atoms. The zero-order valence-corrected chi connectivity index (χ0v) is 19.6. The summed E-state index contributed by atoms with van der Waals surface area (Å²) in [6.45, 7) is 7.80. The van der Waals surface area contributed by atoms with Crippen LogP contribution in [0.2, 0.25) is 0 Å². The smallest absolute Gasteiger partial charge is 0.410 e. The largest absolute Gasteiger partial charge is 0.488 e. The Morgan fingerprint density at radius 3 is 2.76 bits per heavy atom. The lowest BCUT2D eigenvalue weighted by atomic mass is 9.99. The number of carbonyl (C=O) groups excluding carboxylic acids is 2. The van der Waals surface area contributed by atoms with E-state index in [0.29, 0.717) is 36.3 Å². The first-order valence-corrected chi connectivity index (χ1v) is 11.2. The summed E-state index contributed by atoms with van der Waals surface area (Å²) in [4.78, 5) is 30.4. The van der Waals surface area contributed by atoms with Crippen molar-refractivity contribution in [1.82, 2.24) is 9.88 Å². The standard InChI is InChI=1S/C25H32N2O6/c1-5-31-23(29)18-9-11-22-17(13-18)8-10-20(32-22)15-27(24(30)33-25(2,3)4)16-21(28)19-7-6-12-26-14-19/h6-7,9,11-14,20-21,28H,5,8,10,15-16H2,1-4H3. The van der Waals surface area contributed by atoms with Gasteiger partial charge in [-0.25, -0.2) is 9.59 Å². The second-order valence-corrected chi connectivity index (χ2v) is 9.01. The fourth-order valence-corrected chi connectivity index (χ4v) is 3.60. The van der Waals surface area contributed by atoms with Gasteiger partial charge in [0.25, 0.3) is 0 Å². The summed E-state index contributed by atoms with van der Waals surface area (Å²) in [7, 11) is 0. The van der Waals surface area contributed by atoms with Crippen LogP contribution >= 0.6 is 0 Å². The van der Waals surface area contributed by atoms with E-state index in [1.54, 1.807) is 70.4 Å². The number of hydrogen-bond donors (Lipinski definition) is 1. The average Bonchev–Trinajstić information content (AvgIpc) is 2.77. The lowest BCUT2D eigenvalue weighted by Gasteiger charge is -2.33. The highest BCUT2D eigenvalue weighted by Gasteiger charge is 2.30. The number of aromatic nitrogens is 1. The van der Waals surface area contributed by atoms with Crippen LogP contribution in [-0.4, -0.2) is 58.5 Å². The Hall–Kier alpha value is -3.13. The molecule has 0 fully saturated rings. The Labute approximate surface area is 194 Å². The Kier molecular flexibility index (Phi) is 7.92. The molecule has 0 bridgehead atoms. The van der Waals surface area contributed by atoms with Gasteiger partial charge in [-0.05, 0) is 70.4 Å². The molecule has 1 N–H and O–H groups in total. The third kappa shape index (κ3) is 6.92. The molecule has 33 heavy (non-hydrogen) atoms. The minimum absolute atomic E-state index is 0.0507. The molecule has 1 aromatic carbocycles. The predicted octanol–water partition coefficient (Wildman–Crippen LogP) is 3.92. The van der Waals surface area contributed by atoms with Crippen molar-refractivity contribution >= 4 is 12.1 Å². The molecule has 178 valence electrons. The van der Waals surface area contributed by atoms with E-state index in [1.807, 2.05) is 0 Å². The molecule has 8 heteroatoms. The van der Waals surface area contributed by atoms with Crippen LogP contribution < -0.4 is 4.74 Å². The van der Waals surface area contributed by atoms with E-state index in [0.717, 1.165) is 5.56 Å². The number of amides is 1. The van der Waals surface area contributed by atoms with Gasteiger partial charge in [0.1, 0.15) is 17.5 Å². The van der Waals surface area contributed by atoms with E-state index < -0.39 is 17.8 Å². The number of aliphatic hydroxyl groups excluding tert-OH is 1. The van der Waals surface area contributed by atoms with Crippen molar-refractivity contribution in [2.24, 2.45) is 0 Å². The monoisotopic (exact) mass is 456 g/mol. The second kappa shape index (κ2) is 10.7. The maximum atomic E-state index is 12.9. The molecule has 2 unspecified atom stereocenters. The van der Waals surface area contributed by atoms with Gasteiger partial charge in [0.05, 0.1) is 31.4 Å². The molecule has 1 aromatic heterocycles. The normalized spacial score (nSPS) is 16.2. The van der Waals surface area contributed by atoms with E-state index >= 15 is 0 Å². The van der Waals surface area contributed by atoms with Gasteiger partial charge in [-0.1, -0.05) is 6.07 Å². The first kappa shape index (κ1) is 24.5. The number of rotatable bonds is 7. The number of nitrogens with zero attached hydrogens (tertiary/aromatic N) is 2. The van der Waals surface area contributed by atoms with Crippen LogP contribution in [0.1, 0.15) is 61.7 Å². The van der Waals surface area contributed by atoms with Crippen LogP contribution in [0.3, 0.4) is 0 Å². The van der Waals surface area contributed by atoms with Gasteiger partial charge in [0, 0.05) is 18.0 Å². The highest BCUT2D eigenvalue weighted by molar-refractivity contribution is 5.89. The van der Waals surface area contributed by atoms with Gasteiger partial charge < -0.3 is 24.2 Å². The van der Waals surface area contributed by atoms with Crippen LogP contribution in [-0.2, 0) is 15.9 Å². The van der Waals surface area contributed by atoms with Crippen molar-refractivity contribution in [1.29, 1.82) is 0 Å². The molecule has 0 radical (unpaired) electrons. The number of carbonyl (C=O) groups is 2. The molecule has 1 aliphatic heterocycles. The molecule has 1 aliphatic rings. The minimum Gasteiger partial charge on any atom is -0.488 e. The third-order valence-corrected chi connectivity index (χ3v) is 5.14. The van der Waals surface area contributed by atoms with Gasteiger partial charge in [0.2, 0.25) is 0 Å². The van der Waals surface area contributed by atoms with Crippen LogP contribution in [0.5, 0.6) is 5.75 Å². The number of fused-ring (bicyclic) bond motifs is 1. The average molecular weight is 457 g/mol. The summed E-state index contributed by atoms with van der Waals surface area (Å²) >= 11 is 0. The molecular formula is C25H32N2O6. The van der Waals surface area contributed by atoms with E-state index in [4.69, 9.17) is 14.2 Å². The second-order valence-electron chi connectivity index (χ2n) is 9.01. The van der Waals surface area contributed by atoms with Gasteiger partial charge >= 0.3 is 12.1 Å². The summed E-state index contributed by atoms with van der Waals surface area (Å²) in [5.41, 5.74) is 1.37. The van der Waals surface area contributed by atoms with Crippen LogP contribution in [0, 0.1) is 0 Å². The van der Waals surface area contributed by atoms with Crippen molar-refractivity contribution in [3.05, 3.63) is 59.4 Å². The summed E-state index contributed by atoms with van der Waals surface area (Å²) in [5, 5.41) is 10.7. The van der Waals surface area contributed by atoms with Crippen molar-refractivity contribution in [2.75, 3.05) is 19.7 Å². The van der Waals surface area contributed by atoms with E-state index in [2.05, 4.69) is 4.98 Å². The number of aryl methyl sites for hydroxylation is 1. The van der Waals surface area contributed by atoms with Crippen LogP contribution in [0.25, 0.3) is 0 Å². The lowest BCUT2D eigenvalue weighted by molar-refractivity contribution is 0.00362. The molecule has 3 rings (SSSR count). The molecule has 0 aliphatic carbocycles. The Morgan fingerprint density at radius 2 is 2.09 bits per heavy atom. The number of hydrogen-bond acceptors (Lipinski definition) is 7. The van der Waals surface area contributed by atoms with E-state index in [9.17, 15) is 14.7 Å². The maximum Gasteiger partial charge on any atom is 0.410 e. The topological polar surface area (TPSA) is 98.2 Å². The van der Waals surface area contributed by atoms with Crippen molar-refractivity contribution in [3.63, 3.8) is 0 Å². The SMILES string of the molecule is CCOC(=O)c1ccc2c(c1)CCC(CN(CC(O)c1cccnc1)C(=O)OC(C)(C)C)O2. The quantitative estimate of drug-likeness (QED) is 0.631. The van der Waals surface area contributed by atoms with Crippen molar-refractivity contribution < 1.29 is 28.9 Å². The van der Waals surface area contributed by atoms with Gasteiger partial charge in [-0.2, -0.15) is 0 Å². The molecule has 2 heterocycles. The number of ether oxygens (including phenoxy) is 3. The van der Waals surface area contributed by atoms with Crippen molar-refractivity contribution in [3.8, 4) is 5.75 Å². The maximum absolute atomic E-state index is 12.9. The van der Waals surface area contributed by atoms with E-state index in [1.165, 1.54) is 4.90 Å². The number of benzene rings is 1. The zero-order chi connectivity index (χ0) is 24.0. The summed E-state index contributed by atoms with van der Waals surface area (Å²) < 4.78 is 16.8.